The molecule has 0 aliphatic carbocycles. The van der Waals surface area contributed by atoms with Gasteiger partial charge in [0.2, 0.25) is 11.8 Å². The molecule has 2 amide bonds. The molecule has 0 spiro atoms. The smallest absolute Gasteiger partial charge is 0.246 e. The van der Waals surface area contributed by atoms with Crippen LogP contribution in [0.4, 0.5) is 5.82 Å². The van der Waals surface area contributed by atoms with Gasteiger partial charge in [0.1, 0.15) is 19.0 Å². The zero-order valence-electron chi connectivity index (χ0n) is 18.9. The van der Waals surface area contributed by atoms with E-state index < -0.39 is 0 Å². The van der Waals surface area contributed by atoms with Crippen molar-refractivity contribution in [2.45, 2.75) is 31.6 Å². The number of rotatable bonds is 9. The van der Waals surface area contributed by atoms with E-state index in [4.69, 9.17) is 21.1 Å². The third-order valence-electron chi connectivity index (χ3n) is 5.39. The second-order valence-corrected chi connectivity index (χ2v) is 10.0. The van der Waals surface area contributed by atoms with Crippen LogP contribution in [-0.2, 0) is 32.2 Å². The molecule has 2 aromatic heterocycles. The molecule has 2 aliphatic rings. The fraction of sp³-hybridized carbons (Fsp3) is 0.375. The number of carbonyl (C=O) groups excluding carboxylic acids is 2. The Labute approximate surface area is 207 Å². The number of carbonyl (C=O) groups is 2. The van der Waals surface area contributed by atoms with E-state index in [9.17, 15) is 9.59 Å². The van der Waals surface area contributed by atoms with Crippen molar-refractivity contribution in [1.29, 1.82) is 0 Å². The average Bonchev–Trinajstić information content (AvgIpc) is 3.23. The Bertz CT molecular complexity index is 1070. The molecule has 0 bridgehead atoms. The van der Waals surface area contributed by atoms with Gasteiger partial charge in [-0.25, -0.2) is 4.98 Å². The van der Waals surface area contributed by atoms with Gasteiger partial charge in [-0.3, -0.25) is 9.59 Å². The highest BCUT2D eigenvalue weighted by Crippen LogP contribution is 2.23. The third-order valence-corrected chi connectivity index (χ3v) is 6.37. The molecule has 10 heteroatoms. The van der Waals surface area contributed by atoms with E-state index in [-0.39, 0.29) is 29.8 Å². The lowest BCUT2D eigenvalue weighted by atomic mass is 10.1. The van der Waals surface area contributed by atoms with E-state index in [0.717, 1.165) is 11.1 Å². The summed E-state index contributed by atoms with van der Waals surface area (Å²) in [4.78, 5) is 33.8. The summed E-state index contributed by atoms with van der Waals surface area (Å²) in [5.41, 5.74) is 1.56. The molecule has 0 saturated carbocycles. The number of nitrogens with one attached hydrogen (secondary N) is 1. The first-order chi connectivity index (χ1) is 16.4. The third kappa shape index (κ3) is 6.37. The summed E-state index contributed by atoms with van der Waals surface area (Å²) in [5, 5.41) is 4.65. The van der Waals surface area contributed by atoms with Crippen LogP contribution in [0.3, 0.4) is 0 Å². The van der Waals surface area contributed by atoms with Gasteiger partial charge in [0.25, 0.3) is 0 Å². The van der Waals surface area contributed by atoms with Gasteiger partial charge in [-0.05, 0) is 42.7 Å². The van der Waals surface area contributed by atoms with Crippen molar-refractivity contribution in [3.63, 3.8) is 0 Å². The lowest BCUT2D eigenvalue weighted by molar-refractivity contribution is -0.140. The summed E-state index contributed by atoms with van der Waals surface area (Å²) in [5.74, 6) is 0.586. The number of likely N-dealkylation sites (tertiary alicyclic amines) is 1. The first kappa shape index (κ1) is 24.3. The van der Waals surface area contributed by atoms with Gasteiger partial charge < -0.3 is 24.6 Å². The average molecular weight is 503 g/mol. The van der Waals surface area contributed by atoms with E-state index in [1.54, 1.807) is 33.4 Å². The molecular weight excluding hydrogens is 476 g/mol. The van der Waals surface area contributed by atoms with E-state index in [1.807, 2.05) is 30.5 Å². The molecule has 1 unspecified atom stereocenters. The Hall–Kier alpha value is -2.88. The van der Waals surface area contributed by atoms with Crippen LogP contribution >= 0.6 is 22.9 Å². The van der Waals surface area contributed by atoms with Crippen LogP contribution in [0.5, 0.6) is 0 Å². The number of anilines is 1. The molecule has 180 valence electrons. The van der Waals surface area contributed by atoms with Crippen LogP contribution in [-0.4, -0.2) is 64.3 Å². The van der Waals surface area contributed by atoms with Gasteiger partial charge in [0.15, 0.2) is 5.88 Å². The first-order valence-electron chi connectivity index (χ1n) is 11.0. The summed E-state index contributed by atoms with van der Waals surface area (Å²) >= 11 is 7.61. The Kier molecular flexibility index (Phi) is 7.87. The number of fused-ring (bicyclic) bond motifs is 1. The number of pyridine rings is 1. The Balaban J connectivity index is 1.32. The van der Waals surface area contributed by atoms with Crippen molar-refractivity contribution in [3.8, 4) is 0 Å². The number of amides is 2. The molecule has 4 heterocycles. The standard InChI is InChI=1S/C24H27ClN4O4S/c1-16(25)14-32-17(2)28-10-19-8-18(9-26-24(19)27-22(30)13-28)5-6-23(31)29-11-20(12-29)33-15-21-4-3-7-34-21/h3-9,16,20H,2,10-15H2,1H3,(H,26,27,30)/b6-5+. The topological polar surface area (TPSA) is 84.0 Å². The second-order valence-electron chi connectivity index (χ2n) is 8.26. The highest BCUT2D eigenvalue weighted by atomic mass is 35.5. The molecule has 1 atom stereocenters. The molecule has 2 aromatic rings. The van der Waals surface area contributed by atoms with E-state index >= 15 is 0 Å². The van der Waals surface area contributed by atoms with Crippen LogP contribution in [0.2, 0.25) is 0 Å². The molecule has 0 radical (unpaired) electrons. The molecular formula is C24H27ClN4O4S. The highest BCUT2D eigenvalue weighted by Gasteiger charge is 2.30. The molecule has 2 aliphatic heterocycles. The monoisotopic (exact) mass is 502 g/mol. The maximum absolute atomic E-state index is 12.5. The number of alkyl halides is 1. The predicted molar refractivity (Wildman–Crippen MR) is 132 cm³/mol. The number of nitrogens with zero attached hydrogens (tertiary/aromatic N) is 3. The summed E-state index contributed by atoms with van der Waals surface area (Å²) in [6.45, 7) is 8.28. The number of ether oxygens (including phenoxy) is 2. The van der Waals surface area contributed by atoms with E-state index in [1.165, 1.54) is 11.0 Å². The van der Waals surface area contributed by atoms with Gasteiger partial charge >= 0.3 is 0 Å². The van der Waals surface area contributed by atoms with Crippen molar-refractivity contribution in [1.82, 2.24) is 14.8 Å². The fourth-order valence-corrected chi connectivity index (χ4v) is 4.22. The second kappa shape index (κ2) is 11.0. The zero-order valence-corrected chi connectivity index (χ0v) is 20.5. The minimum atomic E-state index is -0.206. The number of halogens is 1. The SMILES string of the molecule is C=C(OCC(C)Cl)N1CC(=O)Nc2ncc(/C=C/C(=O)N3CC(OCc4cccs4)C3)cc2C1. The van der Waals surface area contributed by atoms with Gasteiger partial charge in [-0.1, -0.05) is 6.07 Å². The Morgan fingerprint density at radius 2 is 2.24 bits per heavy atom. The number of aromatic nitrogens is 1. The normalized spacial score (nSPS) is 17.1. The van der Waals surface area contributed by atoms with Crippen LogP contribution in [0.15, 0.2) is 48.3 Å². The lowest BCUT2D eigenvalue weighted by Gasteiger charge is -2.38. The first-order valence-corrected chi connectivity index (χ1v) is 12.3. The molecule has 1 fully saturated rings. The quantitative estimate of drug-likeness (QED) is 0.321. The molecule has 34 heavy (non-hydrogen) atoms. The Morgan fingerprint density at radius 1 is 1.41 bits per heavy atom. The molecule has 8 nitrogen and oxygen atoms in total. The van der Waals surface area contributed by atoms with Gasteiger partial charge in [0, 0.05) is 35.8 Å². The summed E-state index contributed by atoms with van der Waals surface area (Å²) in [6, 6.07) is 5.93. The number of thiophene rings is 1. The van der Waals surface area contributed by atoms with E-state index in [2.05, 4.69) is 16.9 Å². The van der Waals surface area contributed by atoms with Gasteiger partial charge in [-0.2, -0.15) is 0 Å². The van der Waals surface area contributed by atoms with Crippen molar-refractivity contribution >= 4 is 46.6 Å². The summed E-state index contributed by atoms with van der Waals surface area (Å²) in [7, 11) is 0. The summed E-state index contributed by atoms with van der Waals surface area (Å²) in [6.07, 6.45) is 4.96. The van der Waals surface area contributed by atoms with E-state index in [0.29, 0.717) is 44.5 Å². The van der Waals surface area contributed by atoms with Crippen LogP contribution in [0.1, 0.15) is 22.9 Å². The lowest BCUT2D eigenvalue weighted by Crippen LogP contribution is -2.54. The van der Waals surface area contributed by atoms with Crippen LogP contribution in [0.25, 0.3) is 6.08 Å². The van der Waals surface area contributed by atoms with Crippen molar-refractivity contribution in [2.75, 3.05) is 31.6 Å². The molecule has 4 rings (SSSR count). The zero-order chi connectivity index (χ0) is 24.1. The summed E-state index contributed by atoms with van der Waals surface area (Å²) < 4.78 is 11.4. The van der Waals surface area contributed by atoms with Crippen molar-refractivity contribution in [2.24, 2.45) is 0 Å². The van der Waals surface area contributed by atoms with Crippen molar-refractivity contribution < 1.29 is 19.1 Å². The highest BCUT2D eigenvalue weighted by molar-refractivity contribution is 7.09. The molecule has 1 saturated heterocycles. The van der Waals surface area contributed by atoms with Crippen LogP contribution in [0, 0.1) is 0 Å². The maximum atomic E-state index is 12.5. The minimum absolute atomic E-state index is 0.0697. The van der Waals surface area contributed by atoms with Gasteiger partial charge in [0.05, 0.1) is 24.6 Å². The maximum Gasteiger partial charge on any atom is 0.246 e. The minimum Gasteiger partial charge on any atom is -0.478 e. The molecule has 0 aromatic carbocycles. The van der Waals surface area contributed by atoms with Gasteiger partial charge in [-0.15, -0.1) is 22.9 Å². The largest absolute Gasteiger partial charge is 0.478 e. The number of hydrogen-bond acceptors (Lipinski definition) is 7. The predicted octanol–water partition coefficient (Wildman–Crippen LogP) is 3.45. The fourth-order valence-electron chi connectivity index (χ4n) is 3.53. The molecule has 1 N–H and O–H groups in total. The van der Waals surface area contributed by atoms with Crippen LogP contribution < -0.4 is 5.32 Å². The number of hydrogen-bond donors (Lipinski definition) is 1. The Morgan fingerprint density at radius 3 is 2.97 bits per heavy atom. The van der Waals surface area contributed by atoms with Crippen molar-refractivity contribution in [3.05, 3.63) is 64.3 Å².